The quantitative estimate of drug-likeness (QED) is 0.527. The summed E-state index contributed by atoms with van der Waals surface area (Å²) in [6, 6.07) is 7.28. The molecule has 0 radical (unpaired) electrons. The highest BCUT2D eigenvalue weighted by atomic mass is 32.2. The summed E-state index contributed by atoms with van der Waals surface area (Å²) >= 11 is 1.78. The van der Waals surface area contributed by atoms with Crippen LogP contribution in [0.1, 0.15) is 64.9 Å². The van der Waals surface area contributed by atoms with E-state index in [2.05, 4.69) is 19.2 Å². The maximum Gasteiger partial charge on any atom is 0.339 e. The van der Waals surface area contributed by atoms with Crippen molar-refractivity contribution in [3.63, 3.8) is 0 Å². The van der Waals surface area contributed by atoms with Gasteiger partial charge < -0.3 is 15.8 Å². The van der Waals surface area contributed by atoms with Gasteiger partial charge in [-0.2, -0.15) is 0 Å². The molecule has 3 N–H and O–H groups in total. The fraction of sp³-hybridized carbons (Fsp3) is 0.467. The number of hydrogen-bond donors (Lipinski definition) is 2. The number of nitrogens with two attached hydrogens (primary N) is 1. The van der Waals surface area contributed by atoms with Crippen LogP contribution in [0.5, 0.6) is 0 Å². The Morgan fingerprint density at radius 1 is 1.21 bits per heavy atom. The number of esters is 1. The topological polar surface area (TPSA) is 114 Å². The third kappa shape index (κ3) is 3.19. The molecule has 4 aliphatic heterocycles. The van der Waals surface area contributed by atoms with Crippen LogP contribution in [0.15, 0.2) is 62.5 Å². The minimum absolute atomic E-state index is 0.0728. The van der Waals surface area contributed by atoms with Gasteiger partial charge in [0.1, 0.15) is 16.8 Å². The Balaban J connectivity index is 1.58. The van der Waals surface area contributed by atoms with Gasteiger partial charge in [0.25, 0.3) is 0 Å². The van der Waals surface area contributed by atoms with Crippen LogP contribution in [-0.4, -0.2) is 40.3 Å². The number of nitrogens with one attached hydrogen (secondary N) is 1. The first kappa shape index (κ1) is 24.7. The van der Waals surface area contributed by atoms with Crippen LogP contribution in [0.25, 0.3) is 0 Å². The number of carbonyl (C=O) groups is 3. The lowest BCUT2D eigenvalue weighted by molar-refractivity contribution is -0.140. The Bertz CT molecular complexity index is 1500. The van der Waals surface area contributed by atoms with Gasteiger partial charge in [-0.25, -0.2) is 9.79 Å². The molecule has 1 aromatic carbocycles. The van der Waals surface area contributed by atoms with Crippen molar-refractivity contribution >= 4 is 40.9 Å². The monoisotopic (exact) mass is 544 g/mol. The van der Waals surface area contributed by atoms with Gasteiger partial charge in [-0.15, -0.1) is 11.8 Å². The number of para-hydroxylation sites is 1. The normalized spacial score (nSPS) is 30.4. The molecule has 3 unspecified atom stereocenters. The number of fused-ring (bicyclic) bond motifs is 8. The summed E-state index contributed by atoms with van der Waals surface area (Å²) in [5.74, 6) is -0.216. The van der Waals surface area contributed by atoms with Crippen molar-refractivity contribution in [3.05, 3.63) is 63.1 Å². The zero-order chi connectivity index (χ0) is 27.3. The summed E-state index contributed by atoms with van der Waals surface area (Å²) in [5, 5.41) is 4.30. The number of nitrogens with zero attached hydrogens (tertiary/aromatic N) is 2. The van der Waals surface area contributed by atoms with Crippen LogP contribution in [0.4, 0.5) is 5.69 Å². The predicted molar refractivity (Wildman–Crippen MR) is 149 cm³/mol. The van der Waals surface area contributed by atoms with Crippen LogP contribution in [0.3, 0.4) is 0 Å². The van der Waals surface area contributed by atoms with Gasteiger partial charge in [0.2, 0.25) is 5.91 Å². The first-order chi connectivity index (χ1) is 18.7. The van der Waals surface area contributed by atoms with E-state index in [0.717, 1.165) is 35.6 Å². The number of rotatable bonds is 2. The smallest absolute Gasteiger partial charge is 0.339 e. The van der Waals surface area contributed by atoms with E-state index in [1.807, 2.05) is 23.1 Å². The number of carbonyl (C=O) groups excluding carboxylic acids is 3. The average molecular weight is 545 g/mol. The molecule has 202 valence electrons. The second kappa shape index (κ2) is 8.34. The second-order valence-corrected chi connectivity index (χ2v) is 13.3. The van der Waals surface area contributed by atoms with E-state index in [0.29, 0.717) is 40.2 Å². The van der Waals surface area contributed by atoms with Crippen LogP contribution in [-0.2, 0) is 24.5 Å². The van der Waals surface area contributed by atoms with Crippen molar-refractivity contribution in [2.24, 2.45) is 22.1 Å². The molecule has 1 saturated carbocycles. The molecule has 0 saturated heterocycles. The number of amidine groups is 1. The van der Waals surface area contributed by atoms with E-state index in [1.165, 1.54) is 6.42 Å². The maximum absolute atomic E-state index is 14.2. The van der Waals surface area contributed by atoms with Gasteiger partial charge >= 0.3 is 5.97 Å². The Morgan fingerprint density at radius 2 is 1.97 bits per heavy atom. The fourth-order valence-corrected chi connectivity index (χ4v) is 9.24. The van der Waals surface area contributed by atoms with E-state index in [-0.39, 0.29) is 35.7 Å². The predicted octanol–water partition coefficient (Wildman–Crippen LogP) is 4.50. The molecule has 1 amide bonds. The van der Waals surface area contributed by atoms with Crippen molar-refractivity contribution in [1.82, 2.24) is 4.90 Å². The fourth-order valence-electron chi connectivity index (χ4n) is 7.54. The Hall–Kier alpha value is -3.33. The lowest BCUT2D eigenvalue weighted by Crippen LogP contribution is -2.53. The Labute approximate surface area is 231 Å². The van der Waals surface area contributed by atoms with Crippen molar-refractivity contribution in [1.29, 1.82) is 0 Å². The SMILES string of the molecule is CCOC(=O)C1=C2N=C(N)C3=C(SC4CCCCC34)N2C2=C(C(=O)CC(C)(C)C2)C12C(=O)Nc1ccccc12. The van der Waals surface area contributed by atoms with E-state index < -0.39 is 17.3 Å². The Kier molecular flexibility index (Phi) is 5.28. The zero-order valence-corrected chi connectivity index (χ0v) is 23.2. The third-order valence-corrected chi connectivity index (χ3v) is 10.5. The summed E-state index contributed by atoms with van der Waals surface area (Å²) in [5.41, 5.74) is 8.10. The van der Waals surface area contributed by atoms with Crippen molar-refractivity contribution in [2.75, 3.05) is 11.9 Å². The lowest BCUT2D eigenvalue weighted by atomic mass is 9.60. The van der Waals surface area contributed by atoms with Gasteiger partial charge in [-0.1, -0.05) is 44.9 Å². The van der Waals surface area contributed by atoms with E-state index in [9.17, 15) is 14.4 Å². The molecule has 1 fully saturated rings. The number of anilines is 1. The molecule has 0 aromatic heterocycles. The molecule has 1 aromatic rings. The molecular formula is C30H32N4O4S. The number of ketones is 1. The van der Waals surface area contributed by atoms with Crippen LogP contribution in [0, 0.1) is 11.3 Å². The number of aliphatic imine (C=N–C) groups is 1. The van der Waals surface area contributed by atoms with Gasteiger partial charge in [0.15, 0.2) is 11.6 Å². The third-order valence-electron chi connectivity index (χ3n) is 8.98. The molecular weight excluding hydrogens is 512 g/mol. The second-order valence-electron chi connectivity index (χ2n) is 12.0. The van der Waals surface area contributed by atoms with Gasteiger partial charge in [0.05, 0.1) is 11.6 Å². The Morgan fingerprint density at radius 3 is 2.77 bits per heavy atom. The van der Waals surface area contributed by atoms with Crippen LogP contribution >= 0.6 is 11.8 Å². The number of Topliss-reactive ketones (excluding diaryl/α,β-unsaturated/α-hetero) is 1. The van der Waals surface area contributed by atoms with Gasteiger partial charge in [-0.3, -0.25) is 14.5 Å². The summed E-state index contributed by atoms with van der Waals surface area (Å²) < 4.78 is 5.61. The first-order valence-electron chi connectivity index (χ1n) is 13.8. The van der Waals surface area contributed by atoms with Crippen LogP contribution < -0.4 is 11.1 Å². The molecule has 0 bridgehead atoms. The molecule has 9 heteroatoms. The molecule has 1 spiro atoms. The van der Waals surface area contributed by atoms with E-state index >= 15 is 0 Å². The summed E-state index contributed by atoms with van der Waals surface area (Å²) in [4.78, 5) is 49.4. The number of amides is 1. The summed E-state index contributed by atoms with van der Waals surface area (Å²) in [7, 11) is 0. The number of ether oxygens (including phenoxy) is 1. The van der Waals surface area contributed by atoms with Crippen molar-refractivity contribution in [2.45, 2.75) is 70.0 Å². The minimum Gasteiger partial charge on any atom is -0.462 e. The number of benzene rings is 1. The molecule has 7 rings (SSSR count). The van der Waals surface area contributed by atoms with Crippen LogP contribution in [0.2, 0.25) is 0 Å². The lowest BCUT2D eigenvalue weighted by Gasteiger charge is -2.48. The van der Waals surface area contributed by atoms with Gasteiger partial charge in [0, 0.05) is 45.7 Å². The molecule has 3 atom stereocenters. The summed E-state index contributed by atoms with van der Waals surface area (Å²) in [6.07, 6.45) is 5.28. The standard InChI is InChI=1S/C30H32N4O4S/c1-4-38-27(36)23-25-33-24(31)21-15-9-5-8-12-20(15)39-26(21)34(25)18-13-29(2,3)14-19(35)22(18)30(23)16-10-6-7-11-17(16)32-28(30)37/h6-7,10-11,15,20H,4-5,8-9,12-14H2,1-3H3,(H2,31,33)(H,32,37). The molecule has 8 nitrogen and oxygen atoms in total. The largest absolute Gasteiger partial charge is 0.462 e. The summed E-state index contributed by atoms with van der Waals surface area (Å²) in [6.45, 7) is 6.00. The van der Waals surface area contributed by atoms with E-state index in [1.54, 1.807) is 24.8 Å². The average Bonchev–Trinajstić information content (AvgIpc) is 3.40. The van der Waals surface area contributed by atoms with Crippen molar-refractivity contribution < 1.29 is 19.1 Å². The minimum atomic E-state index is -1.66. The molecule has 2 aliphatic carbocycles. The first-order valence-corrected chi connectivity index (χ1v) is 14.7. The maximum atomic E-state index is 14.2. The highest BCUT2D eigenvalue weighted by Gasteiger charge is 2.64. The number of hydrogen-bond acceptors (Lipinski definition) is 8. The van der Waals surface area contributed by atoms with Gasteiger partial charge in [-0.05, 0) is 37.7 Å². The molecule has 39 heavy (non-hydrogen) atoms. The number of allylic oxidation sites excluding steroid dienone is 1. The van der Waals surface area contributed by atoms with Crippen molar-refractivity contribution in [3.8, 4) is 0 Å². The van der Waals surface area contributed by atoms with E-state index in [4.69, 9.17) is 15.5 Å². The highest BCUT2D eigenvalue weighted by molar-refractivity contribution is 8.04. The number of thioether (sulfide) groups is 1. The highest BCUT2D eigenvalue weighted by Crippen LogP contribution is 2.62. The molecule has 4 heterocycles. The molecule has 6 aliphatic rings. The zero-order valence-electron chi connectivity index (χ0n) is 22.4.